The molecule has 1 aromatic heterocycles. The smallest absolute Gasteiger partial charge is 0.228 e. The van der Waals surface area contributed by atoms with Crippen molar-refractivity contribution in [3.05, 3.63) is 22.4 Å². The van der Waals surface area contributed by atoms with Gasteiger partial charge in [0.2, 0.25) is 5.91 Å². The van der Waals surface area contributed by atoms with Gasteiger partial charge < -0.3 is 14.4 Å². The Morgan fingerprint density at radius 3 is 2.96 bits per heavy atom. The van der Waals surface area contributed by atoms with Crippen LogP contribution in [0.3, 0.4) is 0 Å². The Labute approximate surface area is 141 Å². The lowest BCUT2D eigenvalue weighted by Crippen LogP contribution is -2.46. The highest BCUT2D eigenvalue weighted by molar-refractivity contribution is 7.10. The Balaban J connectivity index is 1.26. The topological polar surface area (TPSA) is 38.8 Å². The molecular formula is C18H25NO3S. The summed E-state index contributed by atoms with van der Waals surface area (Å²) >= 11 is 1.66. The molecule has 23 heavy (non-hydrogen) atoms. The Morgan fingerprint density at radius 1 is 1.26 bits per heavy atom. The maximum Gasteiger partial charge on any atom is 0.228 e. The average Bonchev–Trinajstić information content (AvgIpc) is 3.07. The fourth-order valence-corrected chi connectivity index (χ4v) is 4.44. The van der Waals surface area contributed by atoms with Crippen LogP contribution in [0.4, 0.5) is 0 Å². The maximum absolute atomic E-state index is 12.6. The molecule has 1 amide bonds. The van der Waals surface area contributed by atoms with Crippen molar-refractivity contribution in [1.82, 2.24) is 4.90 Å². The van der Waals surface area contributed by atoms with Crippen LogP contribution in [0.15, 0.2) is 17.5 Å². The van der Waals surface area contributed by atoms with Gasteiger partial charge in [-0.3, -0.25) is 4.79 Å². The first-order chi connectivity index (χ1) is 11.3. The number of thiophene rings is 1. The van der Waals surface area contributed by atoms with Crippen molar-refractivity contribution in [1.29, 1.82) is 0 Å². The molecule has 3 fully saturated rings. The number of hydrogen-bond acceptors (Lipinski definition) is 4. The second-order valence-corrected chi connectivity index (χ2v) is 8.09. The summed E-state index contributed by atoms with van der Waals surface area (Å²) in [6, 6.07) is 4.33. The largest absolute Gasteiger partial charge is 0.378 e. The van der Waals surface area contributed by atoms with Gasteiger partial charge in [-0.1, -0.05) is 6.07 Å². The maximum atomic E-state index is 12.6. The van der Waals surface area contributed by atoms with E-state index in [0.29, 0.717) is 6.42 Å². The van der Waals surface area contributed by atoms with Crippen molar-refractivity contribution in [2.75, 3.05) is 19.8 Å². The summed E-state index contributed by atoms with van der Waals surface area (Å²) in [5.41, 5.74) is 0. The van der Waals surface area contributed by atoms with E-state index in [1.54, 1.807) is 11.3 Å². The summed E-state index contributed by atoms with van der Waals surface area (Å²) in [7, 11) is 0. The number of amides is 1. The van der Waals surface area contributed by atoms with E-state index in [1.165, 1.54) is 12.8 Å². The molecule has 0 N–H and O–H groups in total. The highest BCUT2D eigenvalue weighted by atomic mass is 32.1. The van der Waals surface area contributed by atoms with Crippen LogP contribution in [0.25, 0.3) is 0 Å². The van der Waals surface area contributed by atoms with Crippen LogP contribution in [0, 0.1) is 5.92 Å². The van der Waals surface area contributed by atoms with Crippen LogP contribution < -0.4 is 0 Å². The average molecular weight is 335 g/mol. The van der Waals surface area contributed by atoms with Crippen molar-refractivity contribution < 1.29 is 14.3 Å². The molecule has 3 atom stereocenters. The number of likely N-dealkylation sites (tertiary alicyclic amines) is 1. The summed E-state index contributed by atoms with van der Waals surface area (Å²) in [6.07, 6.45) is 6.67. The minimum atomic E-state index is 0.213. The van der Waals surface area contributed by atoms with E-state index >= 15 is 0 Å². The molecule has 4 rings (SSSR count). The number of carbonyl (C=O) groups excluding carboxylic acids is 1. The van der Waals surface area contributed by atoms with Crippen LogP contribution >= 0.6 is 11.3 Å². The summed E-state index contributed by atoms with van der Waals surface area (Å²) in [4.78, 5) is 15.8. The molecule has 3 aliphatic rings. The number of ether oxygens (including phenoxy) is 2. The van der Waals surface area contributed by atoms with Crippen LogP contribution in [0.1, 0.15) is 37.0 Å². The first-order valence-electron chi connectivity index (χ1n) is 8.84. The summed E-state index contributed by atoms with van der Waals surface area (Å²) in [5, 5.41) is 2.03. The fourth-order valence-electron chi connectivity index (χ4n) is 3.74. The first-order valence-corrected chi connectivity index (χ1v) is 9.72. The number of nitrogens with zero attached hydrogens (tertiary/aromatic N) is 1. The lowest BCUT2D eigenvalue weighted by Gasteiger charge is -2.36. The monoisotopic (exact) mass is 335 g/mol. The Morgan fingerprint density at radius 2 is 2.17 bits per heavy atom. The van der Waals surface area contributed by atoms with Crippen LogP contribution in [-0.2, 0) is 20.7 Å². The first kappa shape index (κ1) is 15.6. The normalized spacial score (nSPS) is 30.4. The van der Waals surface area contributed by atoms with E-state index in [9.17, 15) is 4.79 Å². The minimum Gasteiger partial charge on any atom is -0.378 e. The SMILES string of the molecule is O=C(Cc1cccs1)N1CC[C@@H]2O[C@@H](COCC3CC3)CC[C@@H]21. The lowest BCUT2D eigenvalue weighted by molar-refractivity contribution is -0.138. The second kappa shape index (κ2) is 6.91. The molecule has 1 aliphatic carbocycles. The third-order valence-electron chi connectivity index (χ3n) is 5.22. The van der Waals surface area contributed by atoms with Crippen LogP contribution in [-0.4, -0.2) is 48.8 Å². The number of hydrogen-bond donors (Lipinski definition) is 0. The van der Waals surface area contributed by atoms with E-state index in [4.69, 9.17) is 9.47 Å². The number of fused-ring (bicyclic) bond motifs is 1. The Bertz CT molecular complexity index is 528. The number of rotatable bonds is 6. The van der Waals surface area contributed by atoms with Gasteiger partial charge in [0.05, 0.1) is 31.3 Å². The van der Waals surface area contributed by atoms with E-state index in [2.05, 4.69) is 4.90 Å². The quantitative estimate of drug-likeness (QED) is 0.802. The van der Waals surface area contributed by atoms with Gasteiger partial charge in [-0.15, -0.1) is 11.3 Å². The zero-order valence-corrected chi connectivity index (χ0v) is 14.3. The van der Waals surface area contributed by atoms with Gasteiger partial charge in [0.25, 0.3) is 0 Å². The third kappa shape index (κ3) is 3.78. The highest BCUT2D eigenvalue weighted by Gasteiger charge is 2.41. The molecule has 126 valence electrons. The van der Waals surface area contributed by atoms with Crippen molar-refractivity contribution in [2.24, 2.45) is 5.92 Å². The van der Waals surface area contributed by atoms with E-state index in [-0.39, 0.29) is 24.2 Å². The van der Waals surface area contributed by atoms with Gasteiger partial charge >= 0.3 is 0 Å². The molecule has 1 saturated carbocycles. The minimum absolute atomic E-state index is 0.213. The van der Waals surface area contributed by atoms with E-state index in [0.717, 1.165) is 49.8 Å². The molecule has 0 spiro atoms. The van der Waals surface area contributed by atoms with Crippen molar-refractivity contribution >= 4 is 17.2 Å². The van der Waals surface area contributed by atoms with E-state index in [1.807, 2.05) is 17.5 Å². The number of carbonyl (C=O) groups is 1. The fraction of sp³-hybridized carbons (Fsp3) is 0.722. The van der Waals surface area contributed by atoms with Crippen molar-refractivity contribution in [3.8, 4) is 0 Å². The molecule has 1 aromatic rings. The van der Waals surface area contributed by atoms with Gasteiger partial charge in [0, 0.05) is 18.0 Å². The van der Waals surface area contributed by atoms with Crippen LogP contribution in [0.2, 0.25) is 0 Å². The molecule has 0 unspecified atom stereocenters. The molecule has 0 bridgehead atoms. The summed E-state index contributed by atoms with van der Waals surface area (Å²) in [5.74, 6) is 1.06. The Hall–Kier alpha value is -0.910. The van der Waals surface area contributed by atoms with Gasteiger partial charge in [-0.05, 0) is 49.5 Å². The zero-order valence-electron chi connectivity index (χ0n) is 13.5. The van der Waals surface area contributed by atoms with Crippen molar-refractivity contribution in [3.63, 3.8) is 0 Å². The van der Waals surface area contributed by atoms with Gasteiger partial charge in [-0.25, -0.2) is 0 Å². The Kier molecular flexibility index (Phi) is 4.69. The summed E-state index contributed by atoms with van der Waals surface area (Å²) in [6.45, 7) is 2.47. The zero-order chi connectivity index (χ0) is 15.6. The molecule has 0 radical (unpaired) electrons. The molecule has 2 aliphatic heterocycles. The predicted molar refractivity (Wildman–Crippen MR) is 89.6 cm³/mol. The molecule has 5 heteroatoms. The predicted octanol–water partition coefficient (Wildman–Crippen LogP) is 2.87. The van der Waals surface area contributed by atoms with Gasteiger partial charge in [0.15, 0.2) is 0 Å². The van der Waals surface area contributed by atoms with Crippen LogP contribution in [0.5, 0.6) is 0 Å². The standard InChI is InChI=1S/C18H25NO3S/c20-18(10-15-2-1-9-23-15)19-8-7-17-16(19)6-5-14(22-17)12-21-11-13-3-4-13/h1-2,9,13-14,16-17H,3-8,10-12H2/t14-,16+,17+/m1/s1. The molecule has 3 heterocycles. The van der Waals surface area contributed by atoms with E-state index < -0.39 is 0 Å². The summed E-state index contributed by atoms with van der Waals surface area (Å²) < 4.78 is 12.0. The molecule has 4 nitrogen and oxygen atoms in total. The lowest BCUT2D eigenvalue weighted by atomic mass is 9.99. The van der Waals surface area contributed by atoms with Crippen molar-refractivity contribution in [2.45, 2.75) is 56.8 Å². The molecule has 0 aromatic carbocycles. The van der Waals surface area contributed by atoms with Gasteiger partial charge in [-0.2, -0.15) is 0 Å². The highest BCUT2D eigenvalue weighted by Crippen LogP contribution is 2.33. The molecule has 2 saturated heterocycles. The second-order valence-electron chi connectivity index (χ2n) is 7.05. The molecular weight excluding hydrogens is 310 g/mol. The van der Waals surface area contributed by atoms with Gasteiger partial charge in [0.1, 0.15) is 0 Å². The third-order valence-corrected chi connectivity index (χ3v) is 6.09.